The quantitative estimate of drug-likeness (QED) is 0.379. The van der Waals surface area contributed by atoms with Crippen molar-refractivity contribution in [2.75, 3.05) is 6.61 Å². The lowest BCUT2D eigenvalue weighted by Gasteiger charge is -2.42. The number of hydrogen-bond acceptors (Lipinski definition) is 3. The van der Waals surface area contributed by atoms with Gasteiger partial charge in [-0.15, -0.1) is 0 Å². The monoisotopic (exact) mass is 383 g/mol. The van der Waals surface area contributed by atoms with Gasteiger partial charge in [-0.3, -0.25) is 0 Å². The minimum atomic E-state index is -0.431. The SMILES string of the molecule is CCOc1ccc(/C=N/O)c(F)c1-c1cc2c(cc1C)C(C)(C)CCC2(C)C. The molecule has 0 amide bonds. The van der Waals surface area contributed by atoms with Gasteiger partial charge < -0.3 is 9.94 Å². The maximum absolute atomic E-state index is 15.4. The van der Waals surface area contributed by atoms with Crippen LogP contribution >= 0.6 is 0 Å². The zero-order chi connectivity index (χ0) is 20.7. The molecule has 1 aliphatic carbocycles. The van der Waals surface area contributed by atoms with E-state index in [1.54, 1.807) is 12.1 Å². The lowest BCUT2D eigenvalue weighted by Crippen LogP contribution is -2.34. The number of benzene rings is 2. The van der Waals surface area contributed by atoms with Crippen LogP contribution in [-0.2, 0) is 10.8 Å². The molecule has 0 radical (unpaired) electrons. The highest BCUT2D eigenvalue weighted by molar-refractivity contribution is 5.86. The van der Waals surface area contributed by atoms with Gasteiger partial charge in [0.1, 0.15) is 11.6 Å². The Kier molecular flexibility index (Phi) is 5.26. The van der Waals surface area contributed by atoms with Crippen LogP contribution in [0.25, 0.3) is 11.1 Å². The third-order valence-electron chi connectivity index (χ3n) is 6.10. The summed E-state index contributed by atoms with van der Waals surface area (Å²) in [6.07, 6.45) is 3.34. The molecule has 0 aliphatic heterocycles. The maximum Gasteiger partial charge on any atom is 0.143 e. The van der Waals surface area contributed by atoms with E-state index in [1.807, 2.05) is 13.8 Å². The fourth-order valence-electron chi connectivity index (χ4n) is 4.25. The molecule has 2 aromatic carbocycles. The zero-order valence-corrected chi connectivity index (χ0v) is 17.7. The average Bonchev–Trinajstić information content (AvgIpc) is 2.62. The van der Waals surface area contributed by atoms with E-state index in [-0.39, 0.29) is 16.4 Å². The molecule has 4 heteroatoms. The molecule has 0 fully saturated rings. The molecule has 150 valence electrons. The topological polar surface area (TPSA) is 41.8 Å². The van der Waals surface area contributed by atoms with Crippen LogP contribution in [0.4, 0.5) is 4.39 Å². The number of oxime groups is 1. The van der Waals surface area contributed by atoms with E-state index in [0.29, 0.717) is 17.9 Å². The van der Waals surface area contributed by atoms with E-state index >= 15 is 4.39 Å². The van der Waals surface area contributed by atoms with Gasteiger partial charge in [0.05, 0.1) is 18.4 Å². The highest BCUT2D eigenvalue weighted by atomic mass is 19.1. The number of hydrogen-bond donors (Lipinski definition) is 1. The Hall–Kier alpha value is -2.36. The smallest absolute Gasteiger partial charge is 0.143 e. The molecule has 0 bridgehead atoms. The lowest BCUT2D eigenvalue weighted by atomic mass is 9.62. The van der Waals surface area contributed by atoms with Gasteiger partial charge in [-0.05, 0) is 78.0 Å². The zero-order valence-electron chi connectivity index (χ0n) is 17.7. The van der Waals surface area contributed by atoms with Crippen molar-refractivity contribution in [2.24, 2.45) is 5.16 Å². The Morgan fingerprint density at radius 1 is 1.11 bits per heavy atom. The van der Waals surface area contributed by atoms with Gasteiger partial charge in [0.25, 0.3) is 0 Å². The number of ether oxygens (including phenoxy) is 1. The molecular formula is C24H30FNO2. The fourth-order valence-corrected chi connectivity index (χ4v) is 4.25. The van der Waals surface area contributed by atoms with Gasteiger partial charge >= 0.3 is 0 Å². The summed E-state index contributed by atoms with van der Waals surface area (Å²) in [5.74, 6) is 0.0747. The molecule has 1 N–H and O–H groups in total. The van der Waals surface area contributed by atoms with E-state index in [9.17, 15) is 0 Å². The van der Waals surface area contributed by atoms with Crippen molar-refractivity contribution < 1.29 is 14.3 Å². The van der Waals surface area contributed by atoms with Crippen LogP contribution in [0.3, 0.4) is 0 Å². The summed E-state index contributed by atoms with van der Waals surface area (Å²) >= 11 is 0. The molecule has 2 aromatic rings. The molecule has 0 saturated heterocycles. The van der Waals surface area contributed by atoms with Gasteiger partial charge in [0.2, 0.25) is 0 Å². The van der Waals surface area contributed by atoms with E-state index in [4.69, 9.17) is 9.94 Å². The molecule has 0 unspecified atom stereocenters. The summed E-state index contributed by atoms with van der Waals surface area (Å²) in [6.45, 7) is 13.4. The molecule has 0 saturated carbocycles. The predicted octanol–water partition coefficient (Wildman–Crippen LogP) is 6.36. The summed E-state index contributed by atoms with van der Waals surface area (Å²) in [7, 11) is 0. The van der Waals surface area contributed by atoms with Gasteiger partial charge in [0, 0.05) is 5.56 Å². The van der Waals surface area contributed by atoms with Crippen LogP contribution in [0.2, 0.25) is 0 Å². The van der Waals surface area contributed by atoms with Crippen LogP contribution in [0.1, 0.15) is 69.7 Å². The molecule has 3 rings (SSSR count). The van der Waals surface area contributed by atoms with Crippen LogP contribution in [-0.4, -0.2) is 18.0 Å². The van der Waals surface area contributed by atoms with Crippen molar-refractivity contribution in [1.29, 1.82) is 0 Å². The second kappa shape index (κ2) is 7.23. The highest BCUT2D eigenvalue weighted by Gasteiger charge is 2.37. The molecule has 0 atom stereocenters. The molecule has 28 heavy (non-hydrogen) atoms. The highest BCUT2D eigenvalue weighted by Crippen LogP contribution is 2.48. The first-order chi connectivity index (χ1) is 13.1. The average molecular weight is 384 g/mol. The predicted molar refractivity (Wildman–Crippen MR) is 112 cm³/mol. The van der Waals surface area contributed by atoms with Crippen LogP contribution in [0.5, 0.6) is 5.75 Å². The van der Waals surface area contributed by atoms with Crippen LogP contribution in [0, 0.1) is 12.7 Å². The standard InChI is InChI=1S/C24H30FNO2/c1-7-28-20-9-8-16(14-26-27)22(25)21(20)17-13-19-18(12-15(17)2)23(3,4)10-11-24(19,5)6/h8-9,12-14,27H,7,10-11H2,1-6H3/b26-14+. The van der Waals surface area contributed by atoms with Crippen molar-refractivity contribution in [3.05, 3.63) is 52.3 Å². The number of fused-ring (bicyclic) bond motifs is 1. The molecular weight excluding hydrogens is 353 g/mol. The van der Waals surface area contributed by atoms with Crippen molar-refractivity contribution in [1.82, 2.24) is 0 Å². The van der Waals surface area contributed by atoms with Gasteiger partial charge in [-0.1, -0.05) is 38.9 Å². The third kappa shape index (κ3) is 3.41. The fraction of sp³-hybridized carbons (Fsp3) is 0.458. The van der Waals surface area contributed by atoms with Crippen LogP contribution < -0.4 is 4.74 Å². The number of aryl methyl sites for hydroxylation is 1. The van der Waals surface area contributed by atoms with E-state index in [2.05, 4.69) is 45.0 Å². The summed E-state index contributed by atoms with van der Waals surface area (Å²) in [6, 6.07) is 7.68. The van der Waals surface area contributed by atoms with Crippen molar-refractivity contribution in [2.45, 2.75) is 65.2 Å². The number of rotatable bonds is 4. The summed E-state index contributed by atoms with van der Waals surface area (Å²) < 4.78 is 21.2. The minimum absolute atomic E-state index is 0.0275. The lowest BCUT2D eigenvalue weighted by molar-refractivity contribution is 0.321. The second-order valence-electron chi connectivity index (χ2n) is 9.00. The summed E-state index contributed by atoms with van der Waals surface area (Å²) in [5.41, 5.74) is 5.25. The molecule has 1 aliphatic rings. The normalized spacial score (nSPS) is 17.5. The number of nitrogens with zero attached hydrogens (tertiary/aromatic N) is 1. The third-order valence-corrected chi connectivity index (χ3v) is 6.10. The Balaban J connectivity index is 2.32. The maximum atomic E-state index is 15.4. The van der Waals surface area contributed by atoms with E-state index in [1.165, 1.54) is 11.1 Å². The molecule has 0 heterocycles. The van der Waals surface area contributed by atoms with Crippen molar-refractivity contribution in [3.8, 4) is 16.9 Å². The Bertz CT molecular complexity index is 929. The first-order valence-corrected chi connectivity index (χ1v) is 9.91. The van der Waals surface area contributed by atoms with Crippen molar-refractivity contribution >= 4 is 6.21 Å². The molecule has 3 nitrogen and oxygen atoms in total. The minimum Gasteiger partial charge on any atom is -0.493 e. The van der Waals surface area contributed by atoms with E-state index < -0.39 is 5.82 Å². The second-order valence-corrected chi connectivity index (χ2v) is 9.00. The Morgan fingerprint density at radius 3 is 2.29 bits per heavy atom. The molecule has 0 aromatic heterocycles. The first-order valence-electron chi connectivity index (χ1n) is 9.91. The van der Waals surface area contributed by atoms with Gasteiger partial charge in [-0.2, -0.15) is 0 Å². The van der Waals surface area contributed by atoms with E-state index in [0.717, 1.165) is 30.2 Å². The van der Waals surface area contributed by atoms with Gasteiger partial charge in [0.15, 0.2) is 0 Å². The van der Waals surface area contributed by atoms with Gasteiger partial charge in [-0.25, -0.2) is 4.39 Å². The Labute approximate surface area is 167 Å². The summed E-state index contributed by atoms with van der Waals surface area (Å²) in [5, 5.41) is 11.9. The van der Waals surface area contributed by atoms with Crippen molar-refractivity contribution in [3.63, 3.8) is 0 Å². The first kappa shape index (κ1) is 20.4. The Morgan fingerprint density at radius 2 is 1.71 bits per heavy atom. The number of halogens is 1. The summed E-state index contributed by atoms with van der Waals surface area (Å²) in [4.78, 5) is 0. The largest absolute Gasteiger partial charge is 0.493 e. The van der Waals surface area contributed by atoms with Crippen LogP contribution in [0.15, 0.2) is 29.4 Å². The molecule has 0 spiro atoms.